The quantitative estimate of drug-likeness (QED) is 0.767. The molecule has 0 aliphatic carbocycles. The average Bonchev–Trinajstić information content (AvgIpc) is 2.31. The standard InChI is InChI=1S/C14H18FNO2/c1-10-5-4-6-11(12(10)15)13(17)16-7-8-18-9-14(16,2)3/h4-6H,7-9H2,1-3H3. The number of carbonyl (C=O) groups is 1. The molecule has 0 bridgehead atoms. The third kappa shape index (κ3) is 2.25. The van der Waals surface area contributed by atoms with Crippen molar-refractivity contribution in [2.24, 2.45) is 0 Å². The summed E-state index contributed by atoms with van der Waals surface area (Å²) in [5.74, 6) is -0.686. The number of ether oxygens (including phenoxy) is 1. The Balaban J connectivity index is 2.33. The van der Waals surface area contributed by atoms with E-state index in [-0.39, 0.29) is 11.5 Å². The Bertz CT molecular complexity index is 471. The van der Waals surface area contributed by atoms with Crippen LogP contribution in [0.15, 0.2) is 18.2 Å². The summed E-state index contributed by atoms with van der Waals surface area (Å²) >= 11 is 0. The maximum absolute atomic E-state index is 14.0. The van der Waals surface area contributed by atoms with E-state index in [0.717, 1.165) is 0 Å². The molecule has 0 aromatic heterocycles. The van der Waals surface area contributed by atoms with E-state index in [1.807, 2.05) is 13.8 Å². The highest BCUT2D eigenvalue weighted by atomic mass is 19.1. The third-order valence-corrected chi connectivity index (χ3v) is 3.31. The van der Waals surface area contributed by atoms with E-state index in [1.165, 1.54) is 6.07 Å². The molecule has 98 valence electrons. The molecule has 1 heterocycles. The molecule has 0 radical (unpaired) electrons. The van der Waals surface area contributed by atoms with Crippen LogP contribution in [0.5, 0.6) is 0 Å². The van der Waals surface area contributed by atoms with E-state index in [0.29, 0.717) is 25.3 Å². The highest BCUT2D eigenvalue weighted by molar-refractivity contribution is 5.95. The van der Waals surface area contributed by atoms with Crippen molar-refractivity contribution in [2.75, 3.05) is 19.8 Å². The topological polar surface area (TPSA) is 29.5 Å². The van der Waals surface area contributed by atoms with Crippen molar-refractivity contribution >= 4 is 5.91 Å². The minimum absolute atomic E-state index is 0.143. The lowest BCUT2D eigenvalue weighted by molar-refractivity contribution is -0.0372. The van der Waals surface area contributed by atoms with Gasteiger partial charge in [0, 0.05) is 6.54 Å². The van der Waals surface area contributed by atoms with Crippen LogP contribution in [-0.4, -0.2) is 36.1 Å². The fraction of sp³-hybridized carbons (Fsp3) is 0.500. The Hall–Kier alpha value is -1.42. The number of rotatable bonds is 1. The largest absolute Gasteiger partial charge is 0.377 e. The summed E-state index contributed by atoms with van der Waals surface area (Å²) in [5, 5.41) is 0. The number of hydrogen-bond acceptors (Lipinski definition) is 2. The van der Waals surface area contributed by atoms with Crippen molar-refractivity contribution < 1.29 is 13.9 Å². The predicted octanol–water partition coefficient (Wildman–Crippen LogP) is 2.39. The summed E-state index contributed by atoms with van der Waals surface area (Å²) in [7, 11) is 0. The molecule has 1 aliphatic rings. The molecule has 1 aliphatic heterocycles. The zero-order valence-electron chi connectivity index (χ0n) is 11.0. The van der Waals surface area contributed by atoms with Gasteiger partial charge in [-0.25, -0.2) is 4.39 Å². The van der Waals surface area contributed by atoms with Crippen molar-refractivity contribution in [3.05, 3.63) is 35.1 Å². The molecule has 0 saturated carbocycles. The summed E-state index contributed by atoms with van der Waals surface area (Å²) < 4.78 is 19.3. The third-order valence-electron chi connectivity index (χ3n) is 3.31. The van der Waals surface area contributed by atoms with Gasteiger partial charge in [0.15, 0.2) is 0 Å². The molecule has 3 nitrogen and oxygen atoms in total. The molecule has 1 saturated heterocycles. The second-order valence-corrected chi connectivity index (χ2v) is 5.26. The normalized spacial score (nSPS) is 18.8. The van der Waals surface area contributed by atoms with Gasteiger partial charge in [-0.15, -0.1) is 0 Å². The van der Waals surface area contributed by atoms with E-state index in [4.69, 9.17) is 4.74 Å². The van der Waals surface area contributed by atoms with Crippen LogP contribution < -0.4 is 0 Å². The molecule has 1 aromatic carbocycles. The highest BCUT2D eigenvalue weighted by Crippen LogP contribution is 2.23. The van der Waals surface area contributed by atoms with Crippen LogP contribution in [0.3, 0.4) is 0 Å². The minimum atomic E-state index is -0.426. The molecule has 2 rings (SSSR count). The van der Waals surface area contributed by atoms with Crippen LogP contribution in [0.1, 0.15) is 29.8 Å². The molecule has 4 heteroatoms. The summed E-state index contributed by atoms with van der Waals surface area (Å²) in [5.41, 5.74) is 0.239. The maximum Gasteiger partial charge on any atom is 0.257 e. The summed E-state index contributed by atoms with van der Waals surface area (Å²) in [6.45, 7) is 7.00. The van der Waals surface area contributed by atoms with Crippen molar-refractivity contribution in [2.45, 2.75) is 26.3 Å². The number of benzene rings is 1. The van der Waals surface area contributed by atoms with Crippen LogP contribution >= 0.6 is 0 Å². The number of morpholine rings is 1. The number of nitrogens with zero attached hydrogens (tertiary/aromatic N) is 1. The Labute approximate surface area is 107 Å². The Morgan fingerprint density at radius 1 is 1.44 bits per heavy atom. The molecular weight excluding hydrogens is 233 g/mol. The summed E-state index contributed by atoms with van der Waals surface area (Å²) in [6, 6.07) is 4.91. The highest BCUT2D eigenvalue weighted by Gasteiger charge is 2.35. The Kier molecular flexibility index (Phi) is 3.39. The molecule has 1 aromatic rings. The smallest absolute Gasteiger partial charge is 0.257 e. The van der Waals surface area contributed by atoms with Gasteiger partial charge in [0.2, 0.25) is 0 Å². The molecule has 18 heavy (non-hydrogen) atoms. The lowest BCUT2D eigenvalue weighted by Crippen LogP contribution is -2.55. The van der Waals surface area contributed by atoms with E-state index in [2.05, 4.69) is 0 Å². The SMILES string of the molecule is Cc1cccc(C(=O)N2CCOCC2(C)C)c1F. The van der Waals surface area contributed by atoms with Gasteiger partial charge < -0.3 is 9.64 Å². The van der Waals surface area contributed by atoms with Gasteiger partial charge in [-0.05, 0) is 32.4 Å². The van der Waals surface area contributed by atoms with E-state index in [1.54, 1.807) is 24.0 Å². The van der Waals surface area contributed by atoms with Gasteiger partial charge in [0.05, 0.1) is 24.3 Å². The van der Waals surface area contributed by atoms with Gasteiger partial charge >= 0.3 is 0 Å². The molecule has 1 amide bonds. The van der Waals surface area contributed by atoms with Gasteiger partial charge in [-0.2, -0.15) is 0 Å². The Morgan fingerprint density at radius 3 is 2.83 bits per heavy atom. The van der Waals surface area contributed by atoms with E-state index < -0.39 is 11.4 Å². The van der Waals surface area contributed by atoms with Crippen molar-refractivity contribution in [1.29, 1.82) is 0 Å². The van der Waals surface area contributed by atoms with Crippen LogP contribution in [0.25, 0.3) is 0 Å². The first-order valence-corrected chi connectivity index (χ1v) is 6.08. The monoisotopic (exact) mass is 251 g/mol. The number of carbonyl (C=O) groups excluding carboxylic acids is 1. The van der Waals surface area contributed by atoms with Gasteiger partial charge in [0.1, 0.15) is 5.82 Å². The summed E-state index contributed by atoms with van der Waals surface area (Å²) in [6.07, 6.45) is 0. The lowest BCUT2D eigenvalue weighted by Gasteiger charge is -2.42. The molecule has 0 N–H and O–H groups in total. The molecule has 0 unspecified atom stereocenters. The van der Waals surface area contributed by atoms with Gasteiger partial charge in [-0.1, -0.05) is 12.1 Å². The maximum atomic E-state index is 14.0. The fourth-order valence-corrected chi connectivity index (χ4v) is 2.19. The lowest BCUT2D eigenvalue weighted by atomic mass is 10.00. The zero-order valence-corrected chi connectivity index (χ0v) is 11.0. The van der Waals surface area contributed by atoms with Gasteiger partial charge in [0.25, 0.3) is 5.91 Å². The number of halogens is 1. The van der Waals surface area contributed by atoms with Crippen molar-refractivity contribution in [3.63, 3.8) is 0 Å². The van der Waals surface area contributed by atoms with Crippen LogP contribution in [0.4, 0.5) is 4.39 Å². The summed E-state index contributed by atoms with van der Waals surface area (Å²) in [4.78, 5) is 14.1. The van der Waals surface area contributed by atoms with Crippen LogP contribution in [-0.2, 0) is 4.74 Å². The number of amides is 1. The molecule has 1 fully saturated rings. The van der Waals surface area contributed by atoms with Gasteiger partial charge in [-0.3, -0.25) is 4.79 Å². The minimum Gasteiger partial charge on any atom is -0.377 e. The Morgan fingerprint density at radius 2 is 2.17 bits per heavy atom. The second-order valence-electron chi connectivity index (χ2n) is 5.26. The van der Waals surface area contributed by atoms with Crippen LogP contribution in [0, 0.1) is 12.7 Å². The first-order valence-electron chi connectivity index (χ1n) is 6.08. The first kappa shape index (κ1) is 13.0. The first-order chi connectivity index (χ1) is 8.43. The number of aryl methyl sites for hydroxylation is 1. The van der Waals surface area contributed by atoms with Crippen molar-refractivity contribution in [1.82, 2.24) is 4.90 Å². The fourth-order valence-electron chi connectivity index (χ4n) is 2.19. The average molecular weight is 251 g/mol. The number of hydrogen-bond donors (Lipinski definition) is 0. The van der Waals surface area contributed by atoms with E-state index in [9.17, 15) is 9.18 Å². The molecule has 0 atom stereocenters. The molecular formula is C14H18FNO2. The second kappa shape index (κ2) is 4.69. The van der Waals surface area contributed by atoms with E-state index >= 15 is 0 Å². The van der Waals surface area contributed by atoms with Crippen molar-refractivity contribution in [3.8, 4) is 0 Å². The molecule has 0 spiro atoms. The predicted molar refractivity (Wildman–Crippen MR) is 67.1 cm³/mol. The zero-order chi connectivity index (χ0) is 13.3. The van der Waals surface area contributed by atoms with Crippen LogP contribution in [0.2, 0.25) is 0 Å².